The highest BCUT2D eigenvalue weighted by atomic mass is 32.1. The molecule has 22 heavy (non-hydrogen) atoms. The second kappa shape index (κ2) is 7.05. The smallest absolute Gasteiger partial charge is 0.223 e. The molecule has 1 aromatic carbocycles. The minimum Gasteiger partial charge on any atom is -0.356 e. The molecule has 0 bridgehead atoms. The third kappa shape index (κ3) is 3.38. The highest BCUT2D eigenvalue weighted by Crippen LogP contribution is 2.34. The summed E-state index contributed by atoms with van der Waals surface area (Å²) in [7, 11) is 0. The van der Waals surface area contributed by atoms with Crippen molar-refractivity contribution in [2.45, 2.75) is 39.0 Å². The Kier molecular flexibility index (Phi) is 4.88. The summed E-state index contributed by atoms with van der Waals surface area (Å²) < 4.78 is 0. The number of thiazole rings is 1. The van der Waals surface area contributed by atoms with Crippen LogP contribution in [0.25, 0.3) is 10.6 Å². The largest absolute Gasteiger partial charge is 0.356 e. The Hall–Kier alpha value is -1.68. The first-order chi connectivity index (χ1) is 10.8. The Morgan fingerprint density at radius 2 is 2.18 bits per heavy atom. The number of rotatable bonds is 5. The van der Waals surface area contributed by atoms with Gasteiger partial charge in [0.15, 0.2) is 0 Å². The number of hydrogen-bond donors (Lipinski definition) is 1. The van der Waals surface area contributed by atoms with Crippen molar-refractivity contribution in [3.05, 3.63) is 40.9 Å². The molecular formula is C18H22N2OS. The average molecular weight is 314 g/mol. The fourth-order valence-corrected chi connectivity index (χ4v) is 4.03. The summed E-state index contributed by atoms with van der Waals surface area (Å²) >= 11 is 1.75. The van der Waals surface area contributed by atoms with Crippen molar-refractivity contribution in [2.75, 3.05) is 6.54 Å². The summed E-state index contributed by atoms with van der Waals surface area (Å²) in [5.74, 6) is 0.335. The van der Waals surface area contributed by atoms with Gasteiger partial charge in [-0.15, -0.1) is 11.3 Å². The van der Waals surface area contributed by atoms with E-state index in [1.807, 2.05) is 18.2 Å². The lowest BCUT2D eigenvalue weighted by atomic mass is 9.90. The minimum absolute atomic E-state index is 0.119. The number of nitrogens with zero attached hydrogens (tertiary/aromatic N) is 1. The van der Waals surface area contributed by atoms with Crippen molar-refractivity contribution in [1.82, 2.24) is 10.3 Å². The standard InChI is InChI=1S/C18H22N2OS/c1-2-3-11-19-17(21)14-9-10-15-16(12-14)22-18(20-15)13-7-5-4-6-8-13/h4-8,14H,2-3,9-12H2,1H3,(H,19,21). The number of carbonyl (C=O) groups is 1. The van der Waals surface area contributed by atoms with Crippen LogP contribution in [0.5, 0.6) is 0 Å². The van der Waals surface area contributed by atoms with Crippen molar-refractivity contribution in [2.24, 2.45) is 5.92 Å². The van der Waals surface area contributed by atoms with Gasteiger partial charge in [0.05, 0.1) is 5.69 Å². The van der Waals surface area contributed by atoms with E-state index in [0.29, 0.717) is 0 Å². The molecule has 0 saturated heterocycles. The third-order valence-corrected chi connectivity index (χ3v) is 5.33. The molecule has 1 atom stereocenters. The van der Waals surface area contributed by atoms with E-state index >= 15 is 0 Å². The summed E-state index contributed by atoms with van der Waals surface area (Å²) in [6.45, 7) is 2.94. The van der Waals surface area contributed by atoms with E-state index in [1.54, 1.807) is 11.3 Å². The number of aromatic nitrogens is 1. The molecule has 1 heterocycles. The van der Waals surface area contributed by atoms with Gasteiger partial charge in [-0.1, -0.05) is 43.7 Å². The molecule has 2 aromatic rings. The lowest BCUT2D eigenvalue weighted by Gasteiger charge is -2.20. The van der Waals surface area contributed by atoms with Crippen molar-refractivity contribution in [3.63, 3.8) is 0 Å². The monoisotopic (exact) mass is 314 g/mol. The van der Waals surface area contributed by atoms with Crippen LogP contribution >= 0.6 is 11.3 Å². The van der Waals surface area contributed by atoms with Gasteiger partial charge in [0, 0.05) is 22.9 Å². The fourth-order valence-electron chi connectivity index (χ4n) is 2.84. The lowest BCUT2D eigenvalue weighted by molar-refractivity contribution is -0.125. The summed E-state index contributed by atoms with van der Waals surface area (Å²) in [4.78, 5) is 18.3. The molecule has 0 radical (unpaired) electrons. The molecule has 1 aliphatic carbocycles. The van der Waals surface area contributed by atoms with Crippen LogP contribution in [0, 0.1) is 5.92 Å². The van der Waals surface area contributed by atoms with E-state index in [-0.39, 0.29) is 11.8 Å². The fraction of sp³-hybridized carbons (Fsp3) is 0.444. The first-order valence-electron chi connectivity index (χ1n) is 8.09. The maximum atomic E-state index is 12.2. The molecule has 0 fully saturated rings. The van der Waals surface area contributed by atoms with Crippen molar-refractivity contribution in [3.8, 4) is 10.6 Å². The van der Waals surface area contributed by atoms with Crippen LogP contribution in [-0.2, 0) is 17.6 Å². The maximum absolute atomic E-state index is 12.2. The Morgan fingerprint density at radius 1 is 1.36 bits per heavy atom. The van der Waals surface area contributed by atoms with Crippen LogP contribution in [0.1, 0.15) is 36.8 Å². The van der Waals surface area contributed by atoms with Crippen LogP contribution in [-0.4, -0.2) is 17.4 Å². The third-order valence-electron chi connectivity index (χ3n) is 4.16. The van der Waals surface area contributed by atoms with Gasteiger partial charge in [-0.05, 0) is 25.7 Å². The van der Waals surface area contributed by atoms with Gasteiger partial charge in [-0.3, -0.25) is 4.79 Å². The van der Waals surface area contributed by atoms with E-state index in [1.165, 1.54) is 16.1 Å². The molecule has 1 unspecified atom stereocenters. The van der Waals surface area contributed by atoms with Gasteiger partial charge in [-0.2, -0.15) is 0 Å². The van der Waals surface area contributed by atoms with Crippen molar-refractivity contribution in [1.29, 1.82) is 0 Å². The molecule has 0 saturated carbocycles. The number of benzene rings is 1. The molecule has 3 nitrogen and oxygen atoms in total. The summed E-state index contributed by atoms with van der Waals surface area (Å²) in [5, 5.41) is 4.15. The second-order valence-corrected chi connectivity index (χ2v) is 6.92. The molecule has 3 rings (SSSR count). The first kappa shape index (κ1) is 15.2. The lowest BCUT2D eigenvalue weighted by Crippen LogP contribution is -2.34. The van der Waals surface area contributed by atoms with Gasteiger partial charge in [0.2, 0.25) is 5.91 Å². The Morgan fingerprint density at radius 3 is 2.95 bits per heavy atom. The highest BCUT2D eigenvalue weighted by molar-refractivity contribution is 7.15. The van der Waals surface area contributed by atoms with E-state index in [4.69, 9.17) is 4.98 Å². The minimum atomic E-state index is 0.119. The second-order valence-electron chi connectivity index (χ2n) is 5.84. The predicted octanol–water partition coefficient (Wildman–Crippen LogP) is 3.83. The molecule has 116 valence electrons. The zero-order chi connectivity index (χ0) is 15.4. The van der Waals surface area contributed by atoms with Gasteiger partial charge < -0.3 is 5.32 Å². The highest BCUT2D eigenvalue weighted by Gasteiger charge is 2.27. The number of aryl methyl sites for hydroxylation is 1. The molecule has 0 spiro atoms. The van der Waals surface area contributed by atoms with Gasteiger partial charge >= 0.3 is 0 Å². The quantitative estimate of drug-likeness (QED) is 0.852. The Balaban J connectivity index is 1.68. The average Bonchev–Trinajstić information content (AvgIpc) is 2.99. The van der Waals surface area contributed by atoms with E-state index in [0.717, 1.165) is 43.7 Å². The van der Waals surface area contributed by atoms with E-state index in [2.05, 4.69) is 24.4 Å². The number of unbranched alkanes of at least 4 members (excludes halogenated alkanes) is 1. The van der Waals surface area contributed by atoms with Gasteiger partial charge in [0.25, 0.3) is 0 Å². The molecular weight excluding hydrogens is 292 g/mol. The van der Waals surface area contributed by atoms with Gasteiger partial charge in [0.1, 0.15) is 5.01 Å². The van der Waals surface area contributed by atoms with Crippen molar-refractivity contribution < 1.29 is 4.79 Å². The number of nitrogens with one attached hydrogen (secondary N) is 1. The number of hydrogen-bond acceptors (Lipinski definition) is 3. The zero-order valence-electron chi connectivity index (χ0n) is 13.0. The van der Waals surface area contributed by atoms with Crippen LogP contribution in [0.15, 0.2) is 30.3 Å². The number of amides is 1. The van der Waals surface area contributed by atoms with Crippen LogP contribution in [0.4, 0.5) is 0 Å². The topological polar surface area (TPSA) is 42.0 Å². The summed E-state index contributed by atoms with van der Waals surface area (Å²) in [6, 6.07) is 10.3. The number of carbonyl (C=O) groups excluding carboxylic acids is 1. The first-order valence-corrected chi connectivity index (χ1v) is 8.91. The van der Waals surface area contributed by atoms with Crippen LogP contribution in [0.3, 0.4) is 0 Å². The predicted molar refractivity (Wildman–Crippen MR) is 91.0 cm³/mol. The summed E-state index contributed by atoms with van der Waals surface area (Å²) in [6.07, 6.45) is 4.86. The molecule has 1 N–H and O–H groups in total. The van der Waals surface area contributed by atoms with Crippen LogP contribution < -0.4 is 5.32 Å². The molecule has 1 amide bonds. The van der Waals surface area contributed by atoms with Gasteiger partial charge in [-0.25, -0.2) is 4.98 Å². The molecule has 0 aliphatic heterocycles. The Labute approximate surface area is 135 Å². The zero-order valence-corrected chi connectivity index (χ0v) is 13.8. The van der Waals surface area contributed by atoms with E-state index < -0.39 is 0 Å². The molecule has 1 aromatic heterocycles. The number of fused-ring (bicyclic) bond motifs is 1. The normalized spacial score (nSPS) is 17.0. The maximum Gasteiger partial charge on any atom is 0.223 e. The summed E-state index contributed by atoms with van der Waals surface area (Å²) in [5.41, 5.74) is 2.37. The van der Waals surface area contributed by atoms with E-state index in [9.17, 15) is 4.79 Å². The van der Waals surface area contributed by atoms with Crippen LogP contribution in [0.2, 0.25) is 0 Å². The molecule has 4 heteroatoms. The molecule has 1 aliphatic rings. The SMILES string of the molecule is CCCCNC(=O)C1CCc2nc(-c3ccccc3)sc2C1. The Bertz CT molecular complexity index is 636. The van der Waals surface area contributed by atoms with Crippen molar-refractivity contribution >= 4 is 17.2 Å².